The van der Waals surface area contributed by atoms with E-state index in [2.05, 4.69) is 118 Å². The van der Waals surface area contributed by atoms with Crippen molar-refractivity contribution in [2.24, 2.45) is 22.5 Å². The van der Waals surface area contributed by atoms with Crippen LogP contribution in [0.4, 0.5) is 5.69 Å². The van der Waals surface area contributed by atoms with Crippen molar-refractivity contribution >= 4 is 23.9 Å². The number of fused-ring (bicyclic) bond motifs is 1. The van der Waals surface area contributed by atoms with Crippen LogP contribution in [0.25, 0.3) is 5.57 Å². The van der Waals surface area contributed by atoms with E-state index in [4.69, 9.17) is 24.9 Å². The fraction of sp³-hybridized carbons (Fsp3) is 0.538. The third-order valence-corrected chi connectivity index (χ3v) is 11.6. The van der Waals surface area contributed by atoms with Crippen LogP contribution in [0.15, 0.2) is 90.3 Å². The number of nitrogens with zero attached hydrogens (tertiary/aromatic N) is 2. The van der Waals surface area contributed by atoms with Gasteiger partial charge >= 0.3 is 0 Å². The van der Waals surface area contributed by atoms with Crippen LogP contribution in [-0.4, -0.2) is 53.8 Å². The molecule has 2 heterocycles. The molecule has 1 fully saturated rings. The summed E-state index contributed by atoms with van der Waals surface area (Å²) in [5.74, 6) is 0.476. The molecule has 0 spiro atoms. The van der Waals surface area contributed by atoms with Crippen molar-refractivity contribution in [2.45, 2.75) is 84.4 Å². The molecule has 1 saturated heterocycles. The lowest BCUT2D eigenvalue weighted by Crippen LogP contribution is -2.52. The highest BCUT2D eigenvalue weighted by molar-refractivity contribution is 7.82. The first-order chi connectivity index (χ1) is 20.9. The minimum absolute atomic E-state index is 0.0128. The minimum Gasteiger partial charge on any atom is -0.388 e. The lowest BCUT2D eigenvalue weighted by molar-refractivity contribution is 0.127. The Morgan fingerprint density at radius 2 is 1.68 bits per heavy atom. The van der Waals surface area contributed by atoms with Gasteiger partial charge in [0.15, 0.2) is 0 Å². The summed E-state index contributed by atoms with van der Waals surface area (Å²) in [6.45, 7) is 26.5. The molecule has 5 heteroatoms. The average molecular weight is 615 g/mol. The summed E-state index contributed by atoms with van der Waals surface area (Å²) in [5.41, 5.74) is 15.4. The molecule has 3 atom stereocenters. The number of likely N-dealkylation sites (tertiary alicyclic amines) is 1. The average Bonchev–Trinajstić information content (AvgIpc) is 3.03. The van der Waals surface area contributed by atoms with E-state index in [1.807, 2.05) is 7.05 Å². The second kappa shape index (κ2) is 13.8. The van der Waals surface area contributed by atoms with Gasteiger partial charge in [-0.25, -0.2) is 0 Å². The predicted molar refractivity (Wildman–Crippen MR) is 196 cm³/mol. The molecule has 2 aliphatic heterocycles. The lowest BCUT2D eigenvalue weighted by Gasteiger charge is -2.54. The summed E-state index contributed by atoms with van der Waals surface area (Å²) in [5, 5.41) is 3.23. The first-order valence-electron chi connectivity index (χ1n) is 16.8. The zero-order valence-electron chi connectivity index (χ0n) is 28.5. The van der Waals surface area contributed by atoms with Crippen molar-refractivity contribution in [3.63, 3.8) is 0 Å². The normalized spacial score (nSPS) is 26.3. The van der Waals surface area contributed by atoms with Gasteiger partial charge in [-0.05, 0) is 80.4 Å². The molecule has 1 aliphatic carbocycles. The summed E-state index contributed by atoms with van der Waals surface area (Å²) in [6.07, 6.45) is 16.9. The standard InChI is InChI=1S/C39H58N4S/c1-10-14-32(13-4)39(22-25-42(26-23-39)28(5)36(40)30(11-2)12-3)29(6)43-24-20-35-37(7,27-43)21-19-34(38(35,8)44)31-15-17-33(41-9)18-16-31/h10,13-20,30,36,41,44H,5-6,11-12,21-27,40H2,1-4,7-9H3/b14-10-,32-13+. The summed E-state index contributed by atoms with van der Waals surface area (Å²) in [7, 11) is 1.96. The fourth-order valence-electron chi connectivity index (χ4n) is 8.29. The van der Waals surface area contributed by atoms with Crippen molar-refractivity contribution in [3.05, 3.63) is 95.9 Å². The summed E-state index contributed by atoms with van der Waals surface area (Å²) >= 11 is 5.36. The SMILES string of the molecule is C=C(C(N)C(CC)CC)N1CCC(C(=C)N2CC=C3C(C)(CC=C(c4ccc(NC)cc4)C3(C)S)C2)(C(/C=C\C)=C/C)CC1. The van der Waals surface area contributed by atoms with E-state index in [1.165, 1.54) is 28.0 Å². The van der Waals surface area contributed by atoms with Crippen LogP contribution in [0, 0.1) is 16.7 Å². The highest BCUT2D eigenvalue weighted by Gasteiger charge is 2.49. The number of nitrogens with two attached hydrogens (primary N) is 1. The lowest BCUT2D eigenvalue weighted by atomic mass is 9.63. The van der Waals surface area contributed by atoms with Gasteiger partial charge in [-0.15, -0.1) is 0 Å². The molecular formula is C39H58N4S. The van der Waals surface area contributed by atoms with Crippen LogP contribution in [0.2, 0.25) is 0 Å². The molecule has 0 aromatic heterocycles. The minimum atomic E-state index is -0.335. The fourth-order valence-corrected chi connectivity index (χ4v) is 8.87. The van der Waals surface area contributed by atoms with E-state index in [1.54, 1.807) is 0 Å². The van der Waals surface area contributed by atoms with Gasteiger partial charge < -0.3 is 20.9 Å². The third-order valence-electron chi connectivity index (χ3n) is 11.1. The second-order valence-corrected chi connectivity index (χ2v) is 14.5. The number of allylic oxidation sites excluding steroid dienone is 5. The molecule has 0 bridgehead atoms. The Hall–Kier alpha value is -2.63. The smallest absolute Gasteiger partial charge is 0.0568 e. The highest BCUT2D eigenvalue weighted by atomic mass is 32.1. The first-order valence-corrected chi connectivity index (χ1v) is 17.2. The van der Waals surface area contributed by atoms with Crippen molar-refractivity contribution in [1.82, 2.24) is 9.80 Å². The van der Waals surface area contributed by atoms with Gasteiger partial charge in [0, 0.05) is 67.2 Å². The van der Waals surface area contributed by atoms with E-state index in [9.17, 15) is 0 Å². The molecule has 3 N–H and O–H groups in total. The summed E-state index contributed by atoms with van der Waals surface area (Å²) in [6, 6.07) is 8.75. The van der Waals surface area contributed by atoms with E-state index in [0.717, 1.165) is 69.7 Å². The van der Waals surface area contributed by atoms with Crippen LogP contribution < -0.4 is 11.1 Å². The maximum absolute atomic E-state index is 6.74. The highest BCUT2D eigenvalue weighted by Crippen LogP contribution is 2.55. The summed E-state index contributed by atoms with van der Waals surface area (Å²) < 4.78 is -0.335. The van der Waals surface area contributed by atoms with Gasteiger partial charge in [0.05, 0.1) is 4.75 Å². The largest absolute Gasteiger partial charge is 0.388 e. The van der Waals surface area contributed by atoms with Crippen molar-refractivity contribution in [2.75, 3.05) is 38.5 Å². The van der Waals surface area contributed by atoms with Crippen LogP contribution in [-0.2, 0) is 0 Å². The molecule has 44 heavy (non-hydrogen) atoms. The van der Waals surface area contributed by atoms with Gasteiger partial charge in [0.2, 0.25) is 0 Å². The molecule has 4 rings (SSSR count). The Morgan fingerprint density at radius 3 is 2.23 bits per heavy atom. The van der Waals surface area contributed by atoms with Crippen molar-refractivity contribution in [1.29, 1.82) is 0 Å². The van der Waals surface area contributed by atoms with Crippen LogP contribution >= 0.6 is 12.6 Å². The number of hydrogen-bond acceptors (Lipinski definition) is 5. The zero-order chi connectivity index (χ0) is 32.3. The Balaban J connectivity index is 1.59. The number of thiol groups is 1. The van der Waals surface area contributed by atoms with Crippen molar-refractivity contribution < 1.29 is 0 Å². The number of anilines is 1. The molecule has 0 amide bonds. The van der Waals surface area contributed by atoms with E-state index < -0.39 is 0 Å². The zero-order valence-corrected chi connectivity index (χ0v) is 29.4. The summed E-state index contributed by atoms with van der Waals surface area (Å²) in [4.78, 5) is 5.03. The van der Waals surface area contributed by atoms with Crippen LogP contribution in [0.5, 0.6) is 0 Å². The molecule has 240 valence electrons. The number of nitrogens with one attached hydrogen (secondary N) is 1. The number of piperidine rings is 1. The van der Waals surface area contributed by atoms with Gasteiger partial charge in [-0.2, -0.15) is 12.6 Å². The van der Waals surface area contributed by atoms with Gasteiger partial charge in [0.1, 0.15) is 0 Å². The number of rotatable bonds is 11. The maximum Gasteiger partial charge on any atom is 0.0568 e. The number of benzene rings is 1. The maximum atomic E-state index is 6.74. The third kappa shape index (κ3) is 6.24. The van der Waals surface area contributed by atoms with Crippen molar-refractivity contribution in [3.8, 4) is 0 Å². The van der Waals surface area contributed by atoms with Crippen LogP contribution in [0.3, 0.4) is 0 Å². The molecule has 3 unspecified atom stereocenters. The van der Waals surface area contributed by atoms with E-state index in [-0.39, 0.29) is 21.6 Å². The molecule has 0 radical (unpaired) electrons. The second-order valence-electron chi connectivity index (χ2n) is 13.6. The van der Waals surface area contributed by atoms with Gasteiger partial charge in [0.25, 0.3) is 0 Å². The molecule has 3 aliphatic rings. The molecular weight excluding hydrogens is 557 g/mol. The molecule has 0 saturated carbocycles. The van der Waals surface area contributed by atoms with E-state index in [0.29, 0.717) is 5.92 Å². The van der Waals surface area contributed by atoms with Crippen LogP contribution in [0.1, 0.15) is 79.2 Å². The Morgan fingerprint density at radius 1 is 1.05 bits per heavy atom. The molecule has 4 nitrogen and oxygen atoms in total. The Labute approximate surface area is 274 Å². The topological polar surface area (TPSA) is 44.5 Å². The Bertz CT molecular complexity index is 1320. The molecule has 1 aromatic carbocycles. The predicted octanol–water partition coefficient (Wildman–Crippen LogP) is 8.85. The quantitative estimate of drug-likeness (QED) is 0.132. The first kappa shape index (κ1) is 34.2. The Kier molecular flexibility index (Phi) is 10.7. The molecule has 1 aromatic rings. The number of hydrogen-bond donors (Lipinski definition) is 3. The van der Waals surface area contributed by atoms with Gasteiger partial charge in [-0.3, -0.25) is 0 Å². The monoisotopic (exact) mass is 614 g/mol. The van der Waals surface area contributed by atoms with Gasteiger partial charge in [-0.1, -0.05) is 89.3 Å². The van der Waals surface area contributed by atoms with E-state index >= 15 is 0 Å².